The number of carbonyl (C=O) groups is 1. The topological polar surface area (TPSA) is 77.8 Å². The maximum Gasteiger partial charge on any atom is 0.275 e. The fourth-order valence-corrected chi connectivity index (χ4v) is 1.68. The van der Waals surface area contributed by atoms with E-state index >= 15 is 0 Å². The summed E-state index contributed by atoms with van der Waals surface area (Å²) in [4.78, 5) is 11.8. The Morgan fingerprint density at radius 2 is 1.24 bits per heavy atom. The number of ketones is 1. The minimum atomic E-state index is -2.45. The number of aliphatic hydroxyl groups is 3. The lowest BCUT2D eigenvalue weighted by molar-refractivity contribution is -0.314. The van der Waals surface area contributed by atoms with Crippen molar-refractivity contribution in [3.05, 3.63) is 71.8 Å². The first-order valence-corrected chi connectivity index (χ1v) is 6.76. The zero-order chi connectivity index (χ0) is 15.7. The van der Waals surface area contributed by atoms with Gasteiger partial charge in [-0.3, -0.25) is 4.79 Å². The Labute approximate surface area is 124 Å². The fraction of sp³-hybridized carbons (Fsp3) is 0.235. The van der Waals surface area contributed by atoms with Gasteiger partial charge in [-0.05, 0) is 6.42 Å². The molecule has 21 heavy (non-hydrogen) atoms. The van der Waals surface area contributed by atoms with E-state index in [1.54, 1.807) is 6.92 Å². The van der Waals surface area contributed by atoms with Gasteiger partial charge in [-0.1, -0.05) is 67.6 Å². The molecule has 0 bridgehead atoms. The molecular weight excluding hydrogens is 268 g/mol. The van der Waals surface area contributed by atoms with E-state index in [0.717, 1.165) is 11.1 Å². The average molecular weight is 288 g/mol. The molecule has 0 aliphatic rings. The Hall–Kier alpha value is -2.01. The molecule has 2 aromatic rings. The van der Waals surface area contributed by atoms with Gasteiger partial charge in [0.15, 0.2) is 5.78 Å². The van der Waals surface area contributed by atoms with Crippen molar-refractivity contribution in [2.45, 2.75) is 25.7 Å². The van der Waals surface area contributed by atoms with Crippen LogP contribution in [0.1, 0.15) is 35.7 Å². The van der Waals surface area contributed by atoms with Gasteiger partial charge in [0.25, 0.3) is 5.97 Å². The summed E-state index contributed by atoms with van der Waals surface area (Å²) in [5.41, 5.74) is 1.47. The monoisotopic (exact) mass is 288 g/mol. The molecule has 0 aliphatic heterocycles. The van der Waals surface area contributed by atoms with E-state index in [0.29, 0.717) is 6.42 Å². The van der Waals surface area contributed by atoms with Crippen LogP contribution in [0.5, 0.6) is 0 Å². The Balaban J connectivity index is 0.000000270. The highest BCUT2D eigenvalue weighted by atomic mass is 16.7. The molecule has 0 heterocycles. The zero-order valence-corrected chi connectivity index (χ0v) is 11.9. The molecule has 2 aromatic carbocycles. The molecule has 0 radical (unpaired) electrons. The molecule has 4 heteroatoms. The van der Waals surface area contributed by atoms with E-state index in [2.05, 4.69) is 0 Å². The smallest absolute Gasteiger partial charge is 0.275 e. The van der Waals surface area contributed by atoms with E-state index < -0.39 is 5.97 Å². The summed E-state index contributed by atoms with van der Waals surface area (Å²) >= 11 is 0. The SMILES string of the molecule is CCCC(O)(O)O.O=C(c1ccccc1)c1ccccc1. The van der Waals surface area contributed by atoms with Gasteiger partial charge in [0.2, 0.25) is 0 Å². The minimum Gasteiger partial charge on any atom is -0.344 e. The Bertz CT molecular complexity index is 488. The van der Waals surface area contributed by atoms with Crippen molar-refractivity contribution in [1.82, 2.24) is 0 Å². The third-order valence-corrected chi connectivity index (χ3v) is 2.66. The molecule has 4 nitrogen and oxygen atoms in total. The third-order valence-electron chi connectivity index (χ3n) is 2.66. The van der Waals surface area contributed by atoms with Crippen LogP contribution < -0.4 is 0 Å². The van der Waals surface area contributed by atoms with Crippen LogP contribution in [0, 0.1) is 0 Å². The molecule has 0 aliphatic carbocycles. The van der Waals surface area contributed by atoms with Crippen LogP contribution in [0.15, 0.2) is 60.7 Å². The van der Waals surface area contributed by atoms with Crippen molar-refractivity contribution in [2.75, 3.05) is 0 Å². The second-order valence-electron chi connectivity index (χ2n) is 4.59. The predicted molar refractivity (Wildman–Crippen MR) is 80.6 cm³/mol. The Morgan fingerprint density at radius 3 is 1.48 bits per heavy atom. The van der Waals surface area contributed by atoms with Crippen molar-refractivity contribution in [3.8, 4) is 0 Å². The van der Waals surface area contributed by atoms with Crippen LogP contribution in [-0.4, -0.2) is 27.1 Å². The van der Waals surface area contributed by atoms with Crippen LogP contribution in [0.3, 0.4) is 0 Å². The van der Waals surface area contributed by atoms with E-state index in [9.17, 15) is 4.79 Å². The summed E-state index contributed by atoms with van der Waals surface area (Å²) < 4.78 is 0. The average Bonchev–Trinajstić information content (AvgIpc) is 2.48. The molecule has 0 fully saturated rings. The van der Waals surface area contributed by atoms with Crippen LogP contribution in [0.25, 0.3) is 0 Å². The van der Waals surface area contributed by atoms with Gasteiger partial charge >= 0.3 is 0 Å². The minimum absolute atomic E-state index is 0.00694. The molecule has 0 amide bonds. The van der Waals surface area contributed by atoms with Crippen molar-refractivity contribution in [3.63, 3.8) is 0 Å². The van der Waals surface area contributed by atoms with Gasteiger partial charge in [0.05, 0.1) is 0 Å². The van der Waals surface area contributed by atoms with Crippen LogP contribution >= 0.6 is 0 Å². The maximum atomic E-state index is 11.8. The molecule has 112 valence electrons. The van der Waals surface area contributed by atoms with E-state index in [4.69, 9.17) is 15.3 Å². The molecule has 0 aromatic heterocycles. The predicted octanol–water partition coefficient (Wildman–Crippen LogP) is 2.33. The molecule has 0 spiro atoms. The fourth-order valence-electron chi connectivity index (χ4n) is 1.68. The number of rotatable bonds is 4. The standard InChI is InChI=1S/C13H10O.C4H10O3/c14-13(11-7-3-1-4-8-11)12-9-5-2-6-10-12;1-2-3-4(5,6)7/h1-10H;5-7H,2-3H2,1H3. The summed E-state index contributed by atoms with van der Waals surface area (Å²) in [7, 11) is 0. The summed E-state index contributed by atoms with van der Waals surface area (Å²) in [6, 6.07) is 18.6. The highest BCUT2D eigenvalue weighted by molar-refractivity contribution is 6.08. The molecule has 0 unspecified atom stereocenters. The Morgan fingerprint density at radius 1 is 0.857 bits per heavy atom. The van der Waals surface area contributed by atoms with E-state index in [1.165, 1.54) is 0 Å². The highest BCUT2D eigenvalue weighted by Gasteiger charge is 2.14. The largest absolute Gasteiger partial charge is 0.344 e. The highest BCUT2D eigenvalue weighted by Crippen LogP contribution is 2.08. The van der Waals surface area contributed by atoms with Crippen molar-refractivity contribution < 1.29 is 20.1 Å². The van der Waals surface area contributed by atoms with Gasteiger partial charge in [-0.25, -0.2) is 0 Å². The van der Waals surface area contributed by atoms with Crippen molar-refractivity contribution >= 4 is 5.78 Å². The second-order valence-corrected chi connectivity index (χ2v) is 4.59. The molecule has 0 saturated heterocycles. The lowest BCUT2D eigenvalue weighted by Gasteiger charge is -2.10. The first kappa shape index (κ1) is 17.0. The lowest BCUT2D eigenvalue weighted by Crippen LogP contribution is -2.26. The van der Waals surface area contributed by atoms with Gasteiger partial charge in [0.1, 0.15) is 0 Å². The summed E-state index contributed by atoms with van der Waals surface area (Å²) in [5.74, 6) is -2.37. The first-order valence-electron chi connectivity index (χ1n) is 6.76. The number of benzene rings is 2. The van der Waals surface area contributed by atoms with Gasteiger partial charge in [0, 0.05) is 17.5 Å². The van der Waals surface area contributed by atoms with Crippen LogP contribution in [0.2, 0.25) is 0 Å². The van der Waals surface area contributed by atoms with Crippen LogP contribution in [-0.2, 0) is 0 Å². The summed E-state index contributed by atoms with van der Waals surface area (Å²) in [5, 5.41) is 24.4. The zero-order valence-electron chi connectivity index (χ0n) is 11.9. The van der Waals surface area contributed by atoms with Gasteiger partial charge < -0.3 is 15.3 Å². The summed E-state index contributed by atoms with van der Waals surface area (Å²) in [6.45, 7) is 1.75. The molecular formula is C17H20O4. The van der Waals surface area contributed by atoms with E-state index in [1.807, 2.05) is 60.7 Å². The number of hydrogen-bond donors (Lipinski definition) is 3. The third kappa shape index (κ3) is 6.81. The lowest BCUT2D eigenvalue weighted by atomic mass is 10.0. The van der Waals surface area contributed by atoms with Gasteiger partial charge in [-0.15, -0.1) is 0 Å². The van der Waals surface area contributed by atoms with E-state index in [-0.39, 0.29) is 12.2 Å². The molecule has 3 N–H and O–H groups in total. The number of hydrogen-bond acceptors (Lipinski definition) is 4. The van der Waals surface area contributed by atoms with Gasteiger partial charge in [-0.2, -0.15) is 0 Å². The van der Waals surface area contributed by atoms with Crippen molar-refractivity contribution in [2.24, 2.45) is 0 Å². The second kappa shape index (κ2) is 8.32. The summed E-state index contributed by atoms with van der Waals surface area (Å²) in [6.07, 6.45) is 0.566. The Kier molecular flexibility index (Phi) is 6.75. The van der Waals surface area contributed by atoms with Crippen LogP contribution in [0.4, 0.5) is 0 Å². The quantitative estimate of drug-likeness (QED) is 0.596. The molecule has 2 rings (SSSR count). The van der Waals surface area contributed by atoms with Crippen molar-refractivity contribution in [1.29, 1.82) is 0 Å². The molecule has 0 atom stereocenters. The first-order chi connectivity index (χ1) is 9.94. The molecule has 0 saturated carbocycles. The number of carbonyl (C=O) groups excluding carboxylic acids is 1. The maximum absolute atomic E-state index is 11.8. The normalized spacial score (nSPS) is 10.5.